The van der Waals surface area contributed by atoms with E-state index in [1.807, 2.05) is 0 Å². The molecule has 8 nitrogen and oxygen atoms in total. The van der Waals surface area contributed by atoms with Crippen LogP contribution >= 0.6 is 0 Å². The fourth-order valence-corrected chi connectivity index (χ4v) is 2.28. The smallest absolute Gasteiger partial charge is 0.421 e. The van der Waals surface area contributed by atoms with Crippen LogP contribution in [0.25, 0.3) is 0 Å². The van der Waals surface area contributed by atoms with Gasteiger partial charge in [0, 0.05) is 6.54 Å². The van der Waals surface area contributed by atoms with E-state index < -0.39 is 16.3 Å². The molecular weight excluding hydrogens is 262 g/mol. The van der Waals surface area contributed by atoms with Crippen molar-refractivity contribution < 1.29 is 22.7 Å². The van der Waals surface area contributed by atoms with Gasteiger partial charge in [0.2, 0.25) is 0 Å². The van der Waals surface area contributed by atoms with Gasteiger partial charge < -0.3 is 14.8 Å². The Morgan fingerprint density at radius 3 is 2.67 bits per heavy atom. The molecule has 0 aromatic carbocycles. The van der Waals surface area contributed by atoms with Crippen molar-refractivity contribution in [3.8, 4) is 0 Å². The maximum atomic E-state index is 11.3. The second kappa shape index (κ2) is 7.52. The lowest BCUT2D eigenvalue weighted by Crippen LogP contribution is -2.42. The second-order valence-corrected chi connectivity index (χ2v) is 5.31. The molecule has 1 aliphatic rings. The van der Waals surface area contributed by atoms with Gasteiger partial charge in [-0.2, -0.15) is 13.1 Å². The molecule has 3 N–H and O–H groups in total. The fourth-order valence-electron chi connectivity index (χ4n) is 1.55. The summed E-state index contributed by atoms with van der Waals surface area (Å²) in [5, 5.41) is 3.20. The van der Waals surface area contributed by atoms with Crippen molar-refractivity contribution in [2.45, 2.75) is 18.9 Å². The molecular formula is C9H19N3O5S. The Bertz CT molecular complexity index is 353. The van der Waals surface area contributed by atoms with Crippen molar-refractivity contribution in [1.29, 1.82) is 0 Å². The minimum Gasteiger partial charge on any atom is -0.452 e. The van der Waals surface area contributed by atoms with E-state index in [-0.39, 0.29) is 19.3 Å². The van der Waals surface area contributed by atoms with Gasteiger partial charge in [0.25, 0.3) is 0 Å². The minimum absolute atomic E-state index is 0.107. The van der Waals surface area contributed by atoms with E-state index in [1.54, 1.807) is 4.72 Å². The molecule has 0 atom stereocenters. The van der Waals surface area contributed by atoms with Crippen molar-refractivity contribution in [1.82, 2.24) is 14.8 Å². The van der Waals surface area contributed by atoms with Crippen LogP contribution in [0.2, 0.25) is 0 Å². The van der Waals surface area contributed by atoms with E-state index in [1.165, 1.54) is 0 Å². The molecule has 9 heteroatoms. The summed E-state index contributed by atoms with van der Waals surface area (Å²) in [5.74, 6) is 0. The first-order valence-electron chi connectivity index (χ1n) is 5.71. The summed E-state index contributed by atoms with van der Waals surface area (Å²) in [6.45, 7) is 2.21. The predicted molar refractivity (Wildman–Crippen MR) is 64.3 cm³/mol. The lowest BCUT2D eigenvalue weighted by atomic mass is 10.1. The third-order valence-electron chi connectivity index (χ3n) is 2.44. The number of carbonyl (C=O) groups excluding carboxylic acids is 1. The molecule has 1 amide bonds. The number of rotatable bonds is 6. The molecule has 0 saturated carbocycles. The highest BCUT2D eigenvalue weighted by Gasteiger charge is 2.15. The lowest BCUT2D eigenvalue weighted by Gasteiger charge is -2.22. The van der Waals surface area contributed by atoms with Gasteiger partial charge in [-0.1, -0.05) is 0 Å². The van der Waals surface area contributed by atoms with Crippen LogP contribution in [0.4, 0.5) is 4.79 Å². The zero-order chi connectivity index (χ0) is 13.4. The highest BCUT2D eigenvalue weighted by molar-refractivity contribution is 7.88. The zero-order valence-electron chi connectivity index (χ0n) is 10.3. The number of amides is 1. The molecule has 1 aliphatic heterocycles. The maximum Gasteiger partial charge on any atom is 0.421 e. The van der Waals surface area contributed by atoms with Gasteiger partial charge in [-0.15, -0.1) is 0 Å². The van der Waals surface area contributed by atoms with E-state index in [4.69, 9.17) is 4.74 Å². The fraction of sp³-hybridized carbons (Fsp3) is 0.889. The third kappa shape index (κ3) is 6.15. The molecule has 0 aromatic heterocycles. The van der Waals surface area contributed by atoms with Gasteiger partial charge in [0.05, 0.1) is 19.8 Å². The second-order valence-electron chi connectivity index (χ2n) is 3.81. The number of hydrogen-bond donors (Lipinski definition) is 3. The SMILES string of the molecule is COC(=O)NS(=O)(=O)NCCOC1CCNCC1. The van der Waals surface area contributed by atoms with Crippen molar-refractivity contribution in [2.75, 3.05) is 33.4 Å². The summed E-state index contributed by atoms with van der Waals surface area (Å²) in [6, 6.07) is 0. The first kappa shape index (κ1) is 15.2. The molecule has 18 heavy (non-hydrogen) atoms. The Kier molecular flexibility index (Phi) is 6.33. The summed E-state index contributed by atoms with van der Waals surface area (Å²) >= 11 is 0. The molecule has 1 heterocycles. The van der Waals surface area contributed by atoms with Gasteiger partial charge in [-0.3, -0.25) is 0 Å². The maximum absolute atomic E-state index is 11.3. The number of carbonyl (C=O) groups is 1. The summed E-state index contributed by atoms with van der Waals surface area (Å²) in [7, 11) is -2.77. The summed E-state index contributed by atoms with van der Waals surface area (Å²) in [5.41, 5.74) is 0. The number of piperidine rings is 1. The molecule has 1 saturated heterocycles. The van der Waals surface area contributed by atoms with Gasteiger partial charge in [0.15, 0.2) is 0 Å². The van der Waals surface area contributed by atoms with Crippen LogP contribution in [0.15, 0.2) is 0 Å². The molecule has 1 fully saturated rings. The monoisotopic (exact) mass is 281 g/mol. The van der Waals surface area contributed by atoms with Gasteiger partial charge in [0.1, 0.15) is 0 Å². The topological polar surface area (TPSA) is 106 Å². The van der Waals surface area contributed by atoms with Gasteiger partial charge in [-0.05, 0) is 25.9 Å². The number of methoxy groups -OCH3 is 1. The first-order chi connectivity index (χ1) is 8.53. The van der Waals surface area contributed by atoms with Crippen LogP contribution in [0, 0.1) is 0 Å². The summed E-state index contributed by atoms with van der Waals surface area (Å²) in [6.07, 6.45) is 0.992. The quantitative estimate of drug-likeness (QED) is 0.536. The highest BCUT2D eigenvalue weighted by atomic mass is 32.2. The average molecular weight is 281 g/mol. The highest BCUT2D eigenvalue weighted by Crippen LogP contribution is 2.06. The predicted octanol–water partition coefficient (Wildman–Crippen LogP) is -1.05. The van der Waals surface area contributed by atoms with Crippen LogP contribution in [0.1, 0.15) is 12.8 Å². The minimum atomic E-state index is -3.86. The van der Waals surface area contributed by atoms with E-state index in [0.29, 0.717) is 0 Å². The molecule has 0 aliphatic carbocycles. The molecule has 0 aromatic rings. The molecule has 0 radical (unpaired) electrons. The Labute approximate surface area is 107 Å². The third-order valence-corrected chi connectivity index (χ3v) is 3.46. The van der Waals surface area contributed by atoms with Crippen LogP contribution in [-0.4, -0.2) is 54.0 Å². The molecule has 106 valence electrons. The Hall–Kier alpha value is -0.900. The Balaban J connectivity index is 2.14. The van der Waals surface area contributed by atoms with Crippen LogP contribution in [0.5, 0.6) is 0 Å². The van der Waals surface area contributed by atoms with Crippen molar-refractivity contribution >= 4 is 16.3 Å². The first-order valence-corrected chi connectivity index (χ1v) is 7.19. The van der Waals surface area contributed by atoms with E-state index in [2.05, 4.69) is 14.8 Å². The van der Waals surface area contributed by atoms with E-state index in [0.717, 1.165) is 33.0 Å². The molecule has 1 rings (SSSR count). The van der Waals surface area contributed by atoms with E-state index in [9.17, 15) is 13.2 Å². The number of nitrogens with one attached hydrogen (secondary N) is 3. The average Bonchev–Trinajstić information content (AvgIpc) is 2.35. The largest absolute Gasteiger partial charge is 0.452 e. The normalized spacial score (nSPS) is 17.4. The van der Waals surface area contributed by atoms with Crippen molar-refractivity contribution in [3.05, 3.63) is 0 Å². The van der Waals surface area contributed by atoms with Gasteiger partial charge in [-0.25, -0.2) is 9.52 Å². The summed E-state index contributed by atoms with van der Waals surface area (Å²) < 4.78 is 36.1. The molecule has 0 spiro atoms. The number of ether oxygens (including phenoxy) is 2. The van der Waals surface area contributed by atoms with E-state index >= 15 is 0 Å². The Morgan fingerprint density at radius 2 is 2.06 bits per heavy atom. The molecule has 0 bridgehead atoms. The molecule has 0 unspecified atom stereocenters. The van der Waals surface area contributed by atoms with Crippen LogP contribution in [0.3, 0.4) is 0 Å². The van der Waals surface area contributed by atoms with Crippen LogP contribution < -0.4 is 14.8 Å². The summed E-state index contributed by atoms with van der Waals surface area (Å²) in [4.78, 5) is 10.7. The zero-order valence-corrected chi connectivity index (χ0v) is 11.1. The van der Waals surface area contributed by atoms with Crippen molar-refractivity contribution in [3.63, 3.8) is 0 Å². The lowest BCUT2D eigenvalue weighted by molar-refractivity contribution is 0.0366. The standard InChI is InChI=1S/C9H19N3O5S/c1-16-9(13)12-18(14,15)11-6-7-17-8-2-4-10-5-3-8/h8,10-11H,2-7H2,1H3,(H,12,13). The van der Waals surface area contributed by atoms with Crippen LogP contribution in [-0.2, 0) is 19.7 Å². The Morgan fingerprint density at radius 1 is 1.39 bits per heavy atom. The van der Waals surface area contributed by atoms with Gasteiger partial charge >= 0.3 is 16.3 Å². The number of hydrogen-bond acceptors (Lipinski definition) is 6. The van der Waals surface area contributed by atoms with Crippen molar-refractivity contribution in [2.24, 2.45) is 0 Å².